The quantitative estimate of drug-likeness (QED) is 0.604. The lowest BCUT2D eigenvalue weighted by atomic mass is 10.2. The minimum absolute atomic E-state index is 0.505. The molecule has 1 aromatic carbocycles. The standard InChI is InChI=1S/C18H16N6O/c1-13-9-10-24(22-13)18-8-7-17(20-21-18)19-12-15-11-16(25-23-15)14-5-3-2-4-6-14/h2-11H,12H2,1H3,(H,19,20). The topological polar surface area (TPSA) is 81.7 Å². The predicted molar refractivity (Wildman–Crippen MR) is 93.2 cm³/mol. The van der Waals surface area contributed by atoms with E-state index in [2.05, 4.69) is 25.8 Å². The summed E-state index contributed by atoms with van der Waals surface area (Å²) in [6.45, 7) is 2.44. The molecule has 0 fully saturated rings. The molecule has 0 bridgehead atoms. The number of aromatic nitrogens is 5. The summed E-state index contributed by atoms with van der Waals surface area (Å²) >= 11 is 0. The highest BCUT2D eigenvalue weighted by Gasteiger charge is 2.07. The second kappa shape index (κ2) is 6.56. The maximum Gasteiger partial charge on any atom is 0.175 e. The number of benzene rings is 1. The molecule has 0 amide bonds. The van der Waals surface area contributed by atoms with Gasteiger partial charge >= 0.3 is 0 Å². The van der Waals surface area contributed by atoms with Gasteiger partial charge in [-0.1, -0.05) is 35.5 Å². The Morgan fingerprint density at radius 2 is 1.92 bits per heavy atom. The third-order valence-corrected chi connectivity index (χ3v) is 3.68. The molecule has 7 nitrogen and oxygen atoms in total. The van der Waals surface area contributed by atoms with E-state index in [9.17, 15) is 0 Å². The Morgan fingerprint density at radius 3 is 2.64 bits per heavy atom. The number of nitrogens with one attached hydrogen (secondary N) is 1. The molecule has 0 radical (unpaired) electrons. The van der Waals surface area contributed by atoms with E-state index in [1.54, 1.807) is 4.68 Å². The Hall–Kier alpha value is -3.48. The zero-order valence-electron chi connectivity index (χ0n) is 13.6. The van der Waals surface area contributed by atoms with E-state index in [0.717, 1.165) is 22.7 Å². The van der Waals surface area contributed by atoms with Gasteiger partial charge in [-0.15, -0.1) is 10.2 Å². The Kier molecular flexibility index (Phi) is 3.96. The summed E-state index contributed by atoms with van der Waals surface area (Å²) in [6.07, 6.45) is 1.85. The minimum Gasteiger partial charge on any atom is -0.363 e. The van der Waals surface area contributed by atoms with Gasteiger partial charge in [-0.3, -0.25) is 0 Å². The van der Waals surface area contributed by atoms with Crippen LogP contribution in [-0.2, 0) is 6.54 Å². The third kappa shape index (κ3) is 3.40. The molecule has 3 heterocycles. The van der Waals surface area contributed by atoms with Crippen molar-refractivity contribution in [2.24, 2.45) is 0 Å². The molecular weight excluding hydrogens is 316 g/mol. The fourth-order valence-corrected chi connectivity index (χ4v) is 2.40. The van der Waals surface area contributed by atoms with Crippen LogP contribution in [0.1, 0.15) is 11.4 Å². The molecule has 0 spiro atoms. The van der Waals surface area contributed by atoms with Gasteiger partial charge in [-0.2, -0.15) is 5.10 Å². The Morgan fingerprint density at radius 1 is 1.04 bits per heavy atom. The Balaban J connectivity index is 1.41. The van der Waals surface area contributed by atoms with Crippen molar-refractivity contribution < 1.29 is 4.52 Å². The van der Waals surface area contributed by atoms with E-state index in [1.165, 1.54) is 0 Å². The second-order valence-electron chi connectivity index (χ2n) is 5.58. The maximum absolute atomic E-state index is 5.38. The van der Waals surface area contributed by atoms with Crippen molar-refractivity contribution in [1.82, 2.24) is 25.1 Å². The van der Waals surface area contributed by atoms with Crippen LogP contribution in [0.25, 0.3) is 17.1 Å². The molecule has 0 aliphatic rings. The molecule has 0 aliphatic heterocycles. The number of hydrogen-bond acceptors (Lipinski definition) is 6. The van der Waals surface area contributed by atoms with Gasteiger partial charge in [-0.25, -0.2) is 4.68 Å². The zero-order chi connectivity index (χ0) is 17.1. The predicted octanol–water partition coefficient (Wildman–Crippen LogP) is 3.24. The second-order valence-corrected chi connectivity index (χ2v) is 5.58. The zero-order valence-corrected chi connectivity index (χ0v) is 13.6. The largest absolute Gasteiger partial charge is 0.363 e. The van der Waals surface area contributed by atoms with Crippen LogP contribution in [0.4, 0.5) is 5.82 Å². The lowest BCUT2D eigenvalue weighted by molar-refractivity contribution is 0.424. The van der Waals surface area contributed by atoms with Gasteiger partial charge in [0, 0.05) is 17.8 Å². The van der Waals surface area contributed by atoms with Crippen molar-refractivity contribution in [2.75, 3.05) is 5.32 Å². The van der Waals surface area contributed by atoms with E-state index in [0.29, 0.717) is 18.2 Å². The van der Waals surface area contributed by atoms with Crippen molar-refractivity contribution in [3.63, 3.8) is 0 Å². The molecule has 7 heteroatoms. The summed E-state index contributed by atoms with van der Waals surface area (Å²) in [5.74, 6) is 2.08. The van der Waals surface area contributed by atoms with Gasteiger partial charge in [0.25, 0.3) is 0 Å². The van der Waals surface area contributed by atoms with Gasteiger partial charge in [0.15, 0.2) is 11.6 Å². The van der Waals surface area contributed by atoms with Crippen LogP contribution in [0.15, 0.2) is 65.3 Å². The van der Waals surface area contributed by atoms with E-state index in [-0.39, 0.29) is 0 Å². The highest BCUT2D eigenvalue weighted by molar-refractivity contribution is 5.57. The molecule has 0 saturated carbocycles. The normalized spacial score (nSPS) is 10.8. The lowest BCUT2D eigenvalue weighted by Gasteiger charge is -2.03. The molecule has 3 aromatic heterocycles. The average Bonchev–Trinajstić information content (AvgIpc) is 3.30. The molecule has 25 heavy (non-hydrogen) atoms. The molecule has 0 atom stereocenters. The number of anilines is 1. The first-order valence-electron chi connectivity index (χ1n) is 7.89. The summed E-state index contributed by atoms with van der Waals surface area (Å²) in [4.78, 5) is 0. The Labute approximate surface area is 144 Å². The van der Waals surface area contributed by atoms with Gasteiger partial charge in [0.1, 0.15) is 11.5 Å². The van der Waals surface area contributed by atoms with Crippen LogP contribution in [0.3, 0.4) is 0 Å². The molecule has 0 unspecified atom stereocenters. The first-order chi connectivity index (χ1) is 12.3. The first-order valence-corrected chi connectivity index (χ1v) is 7.89. The number of nitrogens with zero attached hydrogens (tertiary/aromatic N) is 5. The third-order valence-electron chi connectivity index (χ3n) is 3.68. The van der Waals surface area contributed by atoms with Crippen LogP contribution in [0.5, 0.6) is 0 Å². The van der Waals surface area contributed by atoms with E-state index >= 15 is 0 Å². The average molecular weight is 332 g/mol. The van der Waals surface area contributed by atoms with Crippen molar-refractivity contribution in [3.8, 4) is 17.1 Å². The van der Waals surface area contributed by atoms with E-state index in [4.69, 9.17) is 4.52 Å². The van der Waals surface area contributed by atoms with Crippen molar-refractivity contribution in [1.29, 1.82) is 0 Å². The van der Waals surface area contributed by atoms with Gasteiger partial charge in [0.2, 0.25) is 0 Å². The molecule has 4 aromatic rings. The highest BCUT2D eigenvalue weighted by atomic mass is 16.5. The maximum atomic E-state index is 5.38. The van der Waals surface area contributed by atoms with E-state index < -0.39 is 0 Å². The van der Waals surface area contributed by atoms with Crippen LogP contribution >= 0.6 is 0 Å². The molecule has 4 rings (SSSR count). The Bertz CT molecular complexity index is 959. The molecule has 1 N–H and O–H groups in total. The minimum atomic E-state index is 0.505. The van der Waals surface area contributed by atoms with E-state index in [1.807, 2.05) is 67.7 Å². The van der Waals surface area contributed by atoms with Crippen molar-refractivity contribution in [3.05, 3.63) is 72.2 Å². The lowest BCUT2D eigenvalue weighted by Crippen LogP contribution is -2.05. The van der Waals surface area contributed by atoms with Gasteiger partial charge < -0.3 is 9.84 Å². The number of rotatable bonds is 5. The summed E-state index contributed by atoms with van der Waals surface area (Å²) in [6, 6.07) is 17.4. The van der Waals surface area contributed by atoms with Crippen LogP contribution < -0.4 is 5.32 Å². The van der Waals surface area contributed by atoms with Gasteiger partial charge in [-0.05, 0) is 25.1 Å². The number of aryl methyl sites for hydroxylation is 1. The summed E-state index contributed by atoms with van der Waals surface area (Å²) in [7, 11) is 0. The molecular formula is C18H16N6O. The van der Waals surface area contributed by atoms with Gasteiger partial charge in [0.05, 0.1) is 12.2 Å². The van der Waals surface area contributed by atoms with Crippen LogP contribution in [0.2, 0.25) is 0 Å². The fourth-order valence-electron chi connectivity index (χ4n) is 2.40. The monoisotopic (exact) mass is 332 g/mol. The highest BCUT2D eigenvalue weighted by Crippen LogP contribution is 2.20. The smallest absolute Gasteiger partial charge is 0.175 e. The summed E-state index contributed by atoms with van der Waals surface area (Å²) < 4.78 is 7.07. The molecule has 0 saturated heterocycles. The summed E-state index contributed by atoms with van der Waals surface area (Å²) in [5, 5.41) is 19.9. The molecule has 0 aliphatic carbocycles. The van der Waals surface area contributed by atoms with Crippen molar-refractivity contribution >= 4 is 5.82 Å². The van der Waals surface area contributed by atoms with Crippen molar-refractivity contribution in [2.45, 2.75) is 13.5 Å². The molecule has 124 valence electrons. The fraction of sp³-hybridized carbons (Fsp3) is 0.111. The van der Waals surface area contributed by atoms with Crippen LogP contribution in [-0.4, -0.2) is 25.1 Å². The first kappa shape index (κ1) is 15.1. The van der Waals surface area contributed by atoms with Crippen LogP contribution in [0, 0.1) is 6.92 Å². The summed E-state index contributed by atoms with van der Waals surface area (Å²) in [5.41, 5.74) is 2.73. The SMILES string of the molecule is Cc1ccn(-c2ccc(NCc3cc(-c4ccccc4)on3)nn2)n1. The number of hydrogen-bond donors (Lipinski definition) is 1.